The molecule has 0 spiro atoms. The van der Waals surface area contributed by atoms with Gasteiger partial charge in [-0.3, -0.25) is 4.98 Å². The van der Waals surface area contributed by atoms with Crippen LogP contribution >= 0.6 is 0 Å². The number of halogens is 3. The molecular weight excluding hydrogens is 503 g/mol. The molecule has 5 rings (SSSR count). The minimum atomic E-state index is -5.55. The Morgan fingerprint density at radius 2 is 1.84 bits per heavy atom. The van der Waals surface area contributed by atoms with Crippen LogP contribution in [0.4, 0.5) is 18.9 Å². The van der Waals surface area contributed by atoms with E-state index in [0.29, 0.717) is 34.3 Å². The van der Waals surface area contributed by atoms with Crippen molar-refractivity contribution in [2.75, 3.05) is 11.4 Å². The summed E-state index contributed by atoms with van der Waals surface area (Å²) in [6.07, 6.45) is 12.5. The number of imidazole rings is 1. The summed E-state index contributed by atoms with van der Waals surface area (Å²) < 4.78 is 67.8. The number of benzene rings is 1. The number of sulfonamides is 1. The first-order valence-electron chi connectivity index (χ1n) is 12.6. The van der Waals surface area contributed by atoms with E-state index in [9.17, 15) is 21.6 Å². The van der Waals surface area contributed by atoms with Gasteiger partial charge < -0.3 is 9.88 Å². The van der Waals surface area contributed by atoms with E-state index in [4.69, 9.17) is 0 Å². The summed E-state index contributed by atoms with van der Waals surface area (Å²) in [6.45, 7) is -0.246. The Hall–Kier alpha value is -2.92. The number of fused-ring (bicyclic) bond motifs is 1. The number of nitrogens with one attached hydrogen (secondary N) is 1. The van der Waals surface area contributed by atoms with Crippen LogP contribution in [-0.2, 0) is 23.1 Å². The molecule has 198 valence electrons. The number of pyridine rings is 1. The van der Waals surface area contributed by atoms with Crippen molar-refractivity contribution in [1.29, 1.82) is 0 Å². The minimum absolute atomic E-state index is 0.246. The number of anilines is 1. The third-order valence-electron chi connectivity index (χ3n) is 7.53. The van der Waals surface area contributed by atoms with E-state index in [1.165, 1.54) is 12.8 Å². The van der Waals surface area contributed by atoms with E-state index in [1.807, 2.05) is 24.3 Å². The second kappa shape index (κ2) is 10.4. The predicted molar refractivity (Wildman–Crippen MR) is 135 cm³/mol. The highest BCUT2D eigenvalue weighted by molar-refractivity contribution is 7.89. The second-order valence-electron chi connectivity index (χ2n) is 9.87. The van der Waals surface area contributed by atoms with Gasteiger partial charge in [-0.1, -0.05) is 43.9 Å². The van der Waals surface area contributed by atoms with Crippen molar-refractivity contribution in [3.8, 4) is 11.1 Å². The number of H-pyrrole nitrogens is 1. The monoisotopic (exact) mass is 533 g/mol. The smallest absolute Gasteiger partial charge is 0.361 e. The van der Waals surface area contributed by atoms with Crippen molar-refractivity contribution in [3.63, 3.8) is 0 Å². The molecule has 2 aromatic heterocycles. The highest BCUT2D eigenvalue weighted by Crippen LogP contribution is 2.40. The molecule has 1 atom stereocenters. The van der Waals surface area contributed by atoms with Gasteiger partial charge in [-0.15, -0.1) is 0 Å². The molecule has 0 amide bonds. The van der Waals surface area contributed by atoms with Gasteiger partial charge in [0.25, 0.3) is 0 Å². The highest BCUT2D eigenvalue weighted by atomic mass is 32.2. The van der Waals surface area contributed by atoms with Crippen LogP contribution in [0, 0.1) is 5.92 Å². The fourth-order valence-electron chi connectivity index (χ4n) is 5.65. The third kappa shape index (κ3) is 5.38. The lowest BCUT2D eigenvalue weighted by Gasteiger charge is -2.34. The topological polar surface area (TPSA) is 82.2 Å². The van der Waals surface area contributed by atoms with Crippen molar-refractivity contribution in [2.24, 2.45) is 5.92 Å². The Morgan fingerprint density at radius 3 is 2.51 bits per heavy atom. The van der Waals surface area contributed by atoms with Gasteiger partial charge in [0, 0.05) is 49.0 Å². The Balaban J connectivity index is 1.63. The first kappa shape index (κ1) is 25.7. The molecule has 1 saturated carbocycles. The molecule has 0 bridgehead atoms. The second-order valence-corrected chi connectivity index (χ2v) is 11.8. The van der Waals surface area contributed by atoms with Crippen LogP contribution in [0.15, 0.2) is 55.2 Å². The third-order valence-corrected chi connectivity index (χ3v) is 9.08. The van der Waals surface area contributed by atoms with Gasteiger partial charge in [0.2, 0.25) is 0 Å². The predicted octanol–water partition coefficient (Wildman–Crippen LogP) is 5.48. The number of aromatic amines is 1. The summed E-state index contributed by atoms with van der Waals surface area (Å²) in [7, 11) is -5.55. The summed E-state index contributed by atoms with van der Waals surface area (Å²) in [6, 6.07) is 8.68. The lowest BCUT2D eigenvalue weighted by Crippen LogP contribution is -2.47. The molecule has 7 nitrogen and oxygen atoms in total. The first-order chi connectivity index (χ1) is 17.7. The van der Waals surface area contributed by atoms with Crippen LogP contribution in [-0.4, -0.2) is 45.8 Å². The lowest BCUT2D eigenvalue weighted by molar-refractivity contribution is -0.0492. The summed E-state index contributed by atoms with van der Waals surface area (Å²) in [5, 5.41) is 0. The van der Waals surface area contributed by atoms with Crippen molar-refractivity contribution in [2.45, 2.75) is 63.2 Å². The molecule has 1 unspecified atom stereocenters. The zero-order valence-electron chi connectivity index (χ0n) is 20.4. The van der Waals surface area contributed by atoms with Crippen LogP contribution in [0.2, 0.25) is 0 Å². The molecule has 3 heterocycles. The van der Waals surface area contributed by atoms with Crippen molar-refractivity contribution in [3.05, 3.63) is 66.5 Å². The van der Waals surface area contributed by atoms with Gasteiger partial charge in [0.15, 0.2) is 0 Å². The van der Waals surface area contributed by atoms with Gasteiger partial charge in [0.05, 0.1) is 18.6 Å². The minimum Gasteiger partial charge on any atom is -0.361 e. The Labute approximate surface area is 214 Å². The zero-order valence-corrected chi connectivity index (χ0v) is 21.2. The van der Waals surface area contributed by atoms with Gasteiger partial charge in [0.1, 0.15) is 0 Å². The van der Waals surface area contributed by atoms with E-state index >= 15 is 0 Å². The molecular formula is C26H30F3N5O2S. The first-order valence-corrected chi connectivity index (χ1v) is 14.0. The van der Waals surface area contributed by atoms with Gasteiger partial charge in [-0.05, 0) is 42.0 Å². The van der Waals surface area contributed by atoms with E-state index in [2.05, 4.69) is 19.9 Å². The molecule has 0 saturated heterocycles. The van der Waals surface area contributed by atoms with Crippen LogP contribution in [0.5, 0.6) is 0 Å². The SMILES string of the molecule is O=S(=O)(N1Cc2c(-c3cccnc3)cccc2N(Cc2cnc[nH]2)C(CCC2CCCC2)C1)C(F)(F)F. The largest absolute Gasteiger partial charge is 0.511 e. The summed E-state index contributed by atoms with van der Waals surface area (Å²) in [5.41, 5.74) is -1.94. The molecule has 3 aromatic rings. The fraction of sp³-hybridized carbons (Fsp3) is 0.462. The number of alkyl halides is 3. The van der Waals surface area contributed by atoms with E-state index in [1.54, 1.807) is 31.0 Å². The number of hydrogen-bond donors (Lipinski definition) is 1. The van der Waals surface area contributed by atoms with Crippen molar-refractivity contribution < 1.29 is 21.6 Å². The molecule has 1 aliphatic heterocycles. The molecule has 1 fully saturated rings. The van der Waals surface area contributed by atoms with Gasteiger partial charge in [-0.2, -0.15) is 17.5 Å². The molecule has 37 heavy (non-hydrogen) atoms. The van der Waals surface area contributed by atoms with Crippen LogP contribution in [0.1, 0.15) is 49.8 Å². The Bertz CT molecular complexity index is 1290. The van der Waals surface area contributed by atoms with Crippen LogP contribution in [0.25, 0.3) is 11.1 Å². The summed E-state index contributed by atoms with van der Waals surface area (Å²) >= 11 is 0. The summed E-state index contributed by atoms with van der Waals surface area (Å²) in [5.74, 6) is 0.520. The van der Waals surface area contributed by atoms with Gasteiger partial charge in [-0.25, -0.2) is 13.4 Å². The number of rotatable bonds is 7. The van der Waals surface area contributed by atoms with E-state index in [-0.39, 0.29) is 13.1 Å². The van der Waals surface area contributed by atoms with E-state index < -0.39 is 21.6 Å². The molecule has 11 heteroatoms. The van der Waals surface area contributed by atoms with Crippen LogP contribution < -0.4 is 4.90 Å². The maximum atomic E-state index is 13.8. The van der Waals surface area contributed by atoms with E-state index in [0.717, 1.165) is 36.2 Å². The average Bonchev–Trinajstić information content (AvgIpc) is 3.56. The van der Waals surface area contributed by atoms with Gasteiger partial charge >= 0.3 is 15.5 Å². The Kier molecular flexibility index (Phi) is 7.26. The summed E-state index contributed by atoms with van der Waals surface area (Å²) in [4.78, 5) is 13.4. The highest BCUT2D eigenvalue weighted by Gasteiger charge is 2.51. The van der Waals surface area contributed by atoms with Crippen molar-refractivity contribution in [1.82, 2.24) is 19.3 Å². The Morgan fingerprint density at radius 1 is 1.03 bits per heavy atom. The standard InChI is InChI=1S/C26H30F3N5O2S/c27-26(28,29)37(35,36)33-16-22(11-10-19-5-1-2-6-19)34(15-21-14-31-18-32-21)25-9-3-8-23(24(25)17-33)20-7-4-12-30-13-20/h3-4,7-9,12-14,18-19,22H,1-2,5-6,10-11,15-17H2,(H,31,32). The molecule has 2 aliphatic rings. The zero-order chi connectivity index (χ0) is 26.0. The average molecular weight is 534 g/mol. The number of nitrogens with zero attached hydrogens (tertiary/aromatic N) is 4. The fourth-order valence-corrected chi connectivity index (χ4v) is 6.61. The normalized spacial score (nSPS) is 19.6. The molecule has 1 aliphatic carbocycles. The maximum Gasteiger partial charge on any atom is 0.511 e. The lowest BCUT2D eigenvalue weighted by atomic mass is 9.96. The number of aromatic nitrogens is 3. The number of hydrogen-bond acceptors (Lipinski definition) is 5. The molecule has 0 radical (unpaired) electrons. The molecule has 1 aromatic carbocycles. The van der Waals surface area contributed by atoms with Crippen molar-refractivity contribution >= 4 is 15.7 Å². The quantitative estimate of drug-likeness (QED) is 0.435. The maximum absolute atomic E-state index is 13.8. The van der Waals surface area contributed by atoms with Crippen LogP contribution in [0.3, 0.4) is 0 Å². The molecule has 1 N–H and O–H groups in total.